The van der Waals surface area contributed by atoms with E-state index in [1.54, 1.807) is 0 Å². The van der Waals surface area contributed by atoms with Gasteiger partial charge in [-0.25, -0.2) is 9.78 Å². The van der Waals surface area contributed by atoms with Crippen LogP contribution in [0, 0.1) is 12.8 Å². The van der Waals surface area contributed by atoms with Crippen LogP contribution in [-0.2, 0) is 11.3 Å². The van der Waals surface area contributed by atoms with Gasteiger partial charge in [0.1, 0.15) is 0 Å². The molecule has 164 valence electrons. The Morgan fingerprint density at radius 3 is 2.55 bits per heavy atom. The number of aliphatic carboxylic acids is 1. The number of anilines is 1. The van der Waals surface area contributed by atoms with E-state index in [4.69, 9.17) is 0 Å². The van der Waals surface area contributed by atoms with E-state index in [0.29, 0.717) is 44.5 Å². The fraction of sp³-hybridized carbons (Fsp3) is 0.476. The van der Waals surface area contributed by atoms with E-state index in [0.717, 1.165) is 16.8 Å². The molecule has 1 aromatic carbocycles. The monoisotopic (exact) mass is 426 g/mol. The molecule has 3 aliphatic heterocycles. The second-order valence-electron chi connectivity index (χ2n) is 8.28. The first kappa shape index (κ1) is 21.0. The Morgan fingerprint density at radius 1 is 1.19 bits per heavy atom. The molecule has 31 heavy (non-hydrogen) atoms. The maximum absolute atomic E-state index is 12.4. The number of piperidine rings is 1. The highest BCUT2D eigenvalue weighted by atomic mass is 16.4. The van der Waals surface area contributed by atoms with Crippen molar-refractivity contribution in [2.24, 2.45) is 5.92 Å². The van der Waals surface area contributed by atoms with E-state index in [1.807, 2.05) is 42.6 Å². The molecule has 3 heterocycles. The van der Waals surface area contributed by atoms with Crippen LogP contribution < -0.4 is 16.1 Å². The van der Waals surface area contributed by atoms with Crippen LogP contribution >= 0.6 is 0 Å². The lowest BCUT2D eigenvalue weighted by Crippen LogP contribution is -2.38. The summed E-state index contributed by atoms with van der Waals surface area (Å²) < 4.78 is 1.88. The van der Waals surface area contributed by atoms with Crippen molar-refractivity contribution < 1.29 is 9.90 Å². The smallest absolute Gasteiger partial charge is 0.349 e. The first-order valence-corrected chi connectivity index (χ1v) is 10.3. The molecule has 0 radical (unpaired) electrons. The summed E-state index contributed by atoms with van der Waals surface area (Å²) in [6, 6.07) is 3.94. The molecular formula is C21H26N6O4. The summed E-state index contributed by atoms with van der Waals surface area (Å²) in [6.07, 6.45) is 1.23. The lowest BCUT2D eigenvalue weighted by molar-refractivity contribution is -0.143. The number of nitrogens with zero attached hydrogens (tertiary/aromatic N) is 5. The molecule has 0 amide bonds. The average molecular weight is 426 g/mol. The number of rotatable bonds is 5. The highest BCUT2D eigenvalue weighted by Gasteiger charge is 2.25. The van der Waals surface area contributed by atoms with Gasteiger partial charge in [0.15, 0.2) is 11.5 Å². The molecule has 0 atom stereocenters. The van der Waals surface area contributed by atoms with Gasteiger partial charge in [0.05, 0.1) is 17.0 Å². The molecule has 1 fully saturated rings. The number of carboxylic acid groups (broad SMARTS) is 1. The summed E-state index contributed by atoms with van der Waals surface area (Å²) in [7, 11) is 3.91. The summed E-state index contributed by atoms with van der Waals surface area (Å²) in [5.41, 5.74) is 2.37. The van der Waals surface area contributed by atoms with Gasteiger partial charge in [0, 0.05) is 32.9 Å². The van der Waals surface area contributed by atoms with Gasteiger partial charge in [-0.05, 0) is 50.6 Å². The molecule has 0 spiro atoms. The molecule has 0 aromatic heterocycles. The summed E-state index contributed by atoms with van der Waals surface area (Å²) >= 11 is 0. The Morgan fingerprint density at radius 2 is 1.90 bits per heavy atom. The van der Waals surface area contributed by atoms with Crippen molar-refractivity contribution in [2.45, 2.75) is 26.3 Å². The van der Waals surface area contributed by atoms with Crippen molar-refractivity contribution in [1.29, 1.82) is 0 Å². The number of benzene rings is 1. The number of fused-ring (bicyclic) bond motifs is 2. The minimum Gasteiger partial charge on any atom is -0.481 e. The Hall–Kier alpha value is -3.27. The van der Waals surface area contributed by atoms with Gasteiger partial charge < -0.3 is 19.5 Å². The predicted octanol–water partition coefficient (Wildman–Crippen LogP) is 0.756. The van der Waals surface area contributed by atoms with Crippen molar-refractivity contribution >= 4 is 22.7 Å². The van der Waals surface area contributed by atoms with Crippen molar-refractivity contribution in [1.82, 2.24) is 24.4 Å². The Kier molecular flexibility index (Phi) is 5.48. The number of aryl methyl sites for hydroxylation is 1. The standard InChI is InChI=1S/C21H26N6O4/c1-12-10-14-16(11-15(12)25(2)3)27(18-17(22-14)19(28)24-21(31)23-18)9-8-26-6-4-13(5-7-26)20(29)30/h10-11,13H,4-9H2,1-3H3,(H,29,30)(H,24,28,31). The molecular weight excluding hydrogens is 400 g/mol. The number of likely N-dealkylation sites (tertiary alicyclic amines) is 1. The van der Waals surface area contributed by atoms with Gasteiger partial charge in [-0.3, -0.25) is 14.6 Å². The number of aromatic nitrogens is 4. The number of hydrogen-bond donors (Lipinski definition) is 2. The fourth-order valence-corrected chi connectivity index (χ4v) is 4.29. The quantitative estimate of drug-likeness (QED) is 0.573. The van der Waals surface area contributed by atoms with Gasteiger partial charge >= 0.3 is 11.7 Å². The van der Waals surface area contributed by atoms with Gasteiger partial charge in [-0.15, -0.1) is 0 Å². The zero-order valence-electron chi connectivity index (χ0n) is 17.9. The zero-order valence-corrected chi connectivity index (χ0v) is 17.9. The third kappa shape index (κ3) is 4.02. The number of aromatic amines is 1. The molecule has 0 aliphatic carbocycles. The van der Waals surface area contributed by atoms with E-state index in [9.17, 15) is 19.5 Å². The van der Waals surface area contributed by atoms with Gasteiger partial charge in [-0.2, -0.15) is 4.98 Å². The first-order valence-electron chi connectivity index (χ1n) is 10.3. The highest BCUT2D eigenvalue weighted by Crippen LogP contribution is 2.28. The van der Waals surface area contributed by atoms with Gasteiger partial charge in [-0.1, -0.05) is 0 Å². The van der Waals surface area contributed by atoms with Crippen molar-refractivity contribution in [2.75, 3.05) is 38.6 Å². The molecule has 2 N–H and O–H groups in total. The van der Waals surface area contributed by atoms with Gasteiger partial charge in [0.25, 0.3) is 5.56 Å². The summed E-state index contributed by atoms with van der Waals surface area (Å²) in [5, 5.41) is 9.21. The maximum Gasteiger partial charge on any atom is 0.349 e. The summed E-state index contributed by atoms with van der Waals surface area (Å²) in [6.45, 7) is 4.53. The Bertz CT molecular complexity index is 1220. The molecule has 4 rings (SSSR count). The van der Waals surface area contributed by atoms with Crippen LogP contribution in [0.1, 0.15) is 18.4 Å². The molecule has 0 unspecified atom stereocenters. The van der Waals surface area contributed by atoms with Crippen LogP contribution in [0.5, 0.6) is 0 Å². The van der Waals surface area contributed by atoms with E-state index in [2.05, 4.69) is 19.9 Å². The molecule has 10 heteroatoms. The van der Waals surface area contributed by atoms with Crippen LogP contribution in [0.4, 0.5) is 5.69 Å². The highest BCUT2D eigenvalue weighted by molar-refractivity contribution is 5.84. The van der Waals surface area contributed by atoms with E-state index >= 15 is 0 Å². The fourth-order valence-electron chi connectivity index (χ4n) is 4.29. The Labute approximate surface area is 178 Å². The zero-order chi connectivity index (χ0) is 22.3. The SMILES string of the molecule is Cc1cc2nc3c(=O)[nH]c(=O)nc-3n(CCN3CCC(C(=O)O)CC3)c2cc1N(C)C. The molecule has 1 saturated heterocycles. The molecule has 10 nitrogen and oxygen atoms in total. The van der Waals surface area contributed by atoms with Crippen LogP contribution in [0.15, 0.2) is 21.7 Å². The topological polar surface area (TPSA) is 124 Å². The maximum atomic E-state index is 12.4. The number of carbonyl (C=O) groups is 1. The number of H-pyrrole nitrogens is 1. The van der Waals surface area contributed by atoms with Crippen LogP contribution in [0.2, 0.25) is 0 Å². The average Bonchev–Trinajstić information content (AvgIpc) is 2.71. The molecule has 0 saturated carbocycles. The third-order valence-corrected chi connectivity index (χ3v) is 5.99. The predicted molar refractivity (Wildman–Crippen MR) is 117 cm³/mol. The minimum atomic E-state index is -0.738. The lowest BCUT2D eigenvalue weighted by Gasteiger charge is -2.30. The second kappa shape index (κ2) is 8.10. The lowest BCUT2D eigenvalue weighted by atomic mass is 9.97. The summed E-state index contributed by atoms with van der Waals surface area (Å²) in [4.78, 5) is 50.5. The largest absolute Gasteiger partial charge is 0.481 e. The van der Waals surface area contributed by atoms with E-state index < -0.39 is 17.2 Å². The van der Waals surface area contributed by atoms with Crippen LogP contribution in [0.3, 0.4) is 0 Å². The number of carboxylic acids is 1. The Balaban J connectivity index is 1.77. The number of nitrogens with one attached hydrogen (secondary N) is 1. The van der Waals surface area contributed by atoms with Gasteiger partial charge in [0.2, 0.25) is 0 Å². The number of hydrogen-bond acceptors (Lipinski definition) is 7. The van der Waals surface area contributed by atoms with Crippen LogP contribution in [-0.4, -0.2) is 69.2 Å². The van der Waals surface area contributed by atoms with Crippen molar-refractivity contribution in [3.05, 3.63) is 38.5 Å². The minimum absolute atomic E-state index is 0.133. The third-order valence-electron chi connectivity index (χ3n) is 5.99. The van der Waals surface area contributed by atoms with Crippen LogP contribution in [0.25, 0.3) is 22.6 Å². The normalized spacial score (nSPS) is 15.6. The molecule has 1 aromatic rings. The van der Waals surface area contributed by atoms with Crippen molar-refractivity contribution in [3.8, 4) is 11.5 Å². The summed E-state index contributed by atoms with van der Waals surface area (Å²) in [5.74, 6) is -0.770. The first-order chi connectivity index (χ1) is 14.7. The molecule has 0 bridgehead atoms. The molecule has 3 aliphatic rings. The van der Waals surface area contributed by atoms with E-state index in [1.165, 1.54) is 0 Å². The van der Waals surface area contributed by atoms with E-state index in [-0.39, 0.29) is 17.4 Å². The second-order valence-corrected chi connectivity index (χ2v) is 8.28. The van der Waals surface area contributed by atoms with Crippen molar-refractivity contribution in [3.63, 3.8) is 0 Å².